The van der Waals surface area contributed by atoms with Gasteiger partial charge >= 0.3 is 5.97 Å². The van der Waals surface area contributed by atoms with Crippen LogP contribution in [0.4, 0.5) is 11.4 Å². The Balaban J connectivity index is 1.55. The van der Waals surface area contributed by atoms with Gasteiger partial charge in [0.15, 0.2) is 0 Å². The van der Waals surface area contributed by atoms with Crippen LogP contribution in [-0.4, -0.2) is 53.7 Å². The van der Waals surface area contributed by atoms with Crippen LogP contribution >= 0.6 is 15.9 Å². The van der Waals surface area contributed by atoms with Gasteiger partial charge in [-0.15, -0.1) is 0 Å². The molecule has 2 aromatic rings. The summed E-state index contributed by atoms with van der Waals surface area (Å²) in [5.74, 6) is -6.62. The number of alkyl halides is 1. The lowest BCUT2D eigenvalue weighted by molar-refractivity contribution is -0.152. The number of hydrogen-bond acceptors (Lipinski definition) is 8. The number of imide groups is 2. The third-order valence-electron chi connectivity index (χ3n) is 9.91. The van der Waals surface area contributed by atoms with E-state index in [9.17, 15) is 24.0 Å². The molecule has 1 saturated carbocycles. The number of ether oxygens (including phenoxy) is 3. The van der Waals surface area contributed by atoms with E-state index in [-0.39, 0.29) is 23.6 Å². The molecule has 0 radical (unpaired) electrons. The zero-order valence-electron chi connectivity index (χ0n) is 26.5. The van der Waals surface area contributed by atoms with Gasteiger partial charge in [0, 0.05) is 11.0 Å². The fourth-order valence-corrected chi connectivity index (χ4v) is 9.28. The van der Waals surface area contributed by atoms with Crippen LogP contribution in [0.3, 0.4) is 0 Å². The molecule has 6 atom stereocenters. The molecule has 3 fully saturated rings. The Labute approximate surface area is 276 Å². The normalized spacial score (nSPS) is 29.8. The molecule has 2 bridgehead atoms. The molecule has 3 aliphatic carbocycles. The average Bonchev–Trinajstić information content (AvgIpc) is 3.47. The monoisotopic (exact) mass is 692 g/mol. The second-order valence-electron chi connectivity index (χ2n) is 12.3. The van der Waals surface area contributed by atoms with Crippen molar-refractivity contribution in [2.45, 2.75) is 51.8 Å². The highest BCUT2D eigenvalue weighted by Crippen LogP contribution is 2.73. The molecule has 5 aliphatic rings. The molecule has 7 rings (SSSR count). The lowest BCUT2D eigenvalue weighted by Gasteiger charge is -2.59. The standard InChI is InChI=1S/C35H37BrN2O8/c1-6-17-45-22-15-11-9-13-20(22)37-29(39)25-27(31(37)41)35(36)19(4)24(33(43)44-8-3)34(25,5)26-28(35)32(42)38(30(26)40)21-14-10-12-16-23(21)46-18-7-2/h9-16,25-28H,6-8,17-18H2,1-5H3/t25-,26-,27-,28+,34?,35?/m1/s1. The van der Waals surface area contributed by atoms with Crippen molar-refractivity contribution in [1.29, 1.82) is 0 Å². The summed E-state index contributed by atoms with van der Waals surface area (Å²) in [6.07, 6.45) is 1.43. The number of anilines is 2. The van der Waals surface area contributed by atoms with E-state index in [4.69, 9.17) is 14.2 Å². The fourth-order valence-electron chi connectivity index (χ4n) is 8.16. The van der Waals surface area contributed by atoms with E-state index in [2.05, 4.69) is 15.9 Å². The summed E-state index contributed by atoms with van der Waals surface area (Å²) < 4.78 is 15.8. The van der Waals surface area contributed by atoms with Gasteiger partial charge in [-0.25, -0.2) is 14.6 Å². The molecule has 46 heavy (non-hydrogen) atoms. The third-order valence-corrected chi connectivity index (χ3v) is 11.5. The van der Waals surface area contributed by atoms with E-state index in [1.807, 2.05) is 13.8 Å². The van der Waals surface area contributed by atoms with Gasteiger partial charge < -0.3 is 14.2 Å². The summed E-state index contributed by atoms with van der Waals surface area (Å²) in [6, 6.07) is 13.6. The van der Waals surface area contributed by atoms with Gasteiger partial charge in [-0.1, -0.05) is 61.0 Å². The molecule has 11 heteroatoms. The maximum absolute atomic E-state index is 14.7. The average molecular weight is 694 g/mol. The van der Waals surface area contributed by atoms with E-state index < -0.39 is 63.0 Å². The summed E-state index contributed by atoms with van der Waals surface area (Å²) >= 11 is 3.83. The molecule has 2 unspecified atom stereocenters. The molecule has 2 heterocycles. The topological polar surface area (TPSA) is 120 Å². The Kier molecular flexibility index (Phi) is 8.11. The van der Waals surface area contributed by atoms with Crippen molar-refractivity contribution in [2.75, 3.05) is 29.6 Å². The number of esters is 1. The van der Waals surface area contributed by atoms with Gasteiger partial charge in [-0.2, -0.15) is 0 Å². The molecule has 0 aromatic heterocycles. The van der Waals surface area contributed by atoms with E-state index in [0.29, 0.717) is 43.1 Å². The van der Waals surface area contributed by atoms with Crippen LogP contribution in [0, 0.1) is 29.1 Å². The first kappa shape index (κ1) is 32.0. The van der Waals surface area contributed by atoms with Crippen LogP contribution in [-0.2, 0) is 28.7 Å². The first-order chi connectivity index (χ1) is 22.0. The highest BCUT2D eigenvalue weighted by molar-refractivity contribution is 9.10. The largest absolute Gasteiger partial charge is 0.491 e. The summed E-state index contributed by atoms with van der Waals surface area (Å²) in [6.45, 7) is 9.73. The number of hydrogen-bond donors (Lipinski definition) is 0. The van der Waals surface area contributed by atoms with Crippen LogP contribution in [0.1, 0.15) is 47.5 Å². The van der Waals surface area contributed by atoms with Crippen LogP contribution in [0.5, 0.6) is 11.5 Å². The highest BCUT2D eigenvalue weighted by Gasteiger charge is 2.82. The quantitative estimate of drug-likeness (QED) is 0.189. The zero-order chi connectivity index (χ0) is 33.1. The molecule has 2 aromatic carbocycles. The lowest BCUT2D eigenvalue weighted by atomic mass is 9.43. The molecular weight excluding hydrogens is 656 g/mol. The Bertz CT molecular complexity index is 1590. The van der Waals surface area contributed by atoms with E-state index >= 15 is 0 Å². The summed E-state index contributed by atoms with van der Waals surface area (Å²) in [7, 11) is 0. The SMILES string of the molecule is CCCOc1ccccc1N1C(=O)[C@@H]2[C@H](C1=O)C1(C)C(C(=O)OCC)=C(C)C2(Br)[C@H]2C(=O)N(c3ccccc3OCCC)C(=O)[C@@H]21. The Morgan fingerprint density at radius 3 is 1.57 bits per heavy atom. The molecule has 4 amide bonds. The van der Waals surface area contributed by atoms with E-state index in [1.165, 1.54) is 0 Å². The minimum atomic E-state index is -1.55. The Hall–Kier alpha value is -3.99. The van der Waals surface area contributed by atoms with Gasteiger partial charge in [0.2, 0.25) is 23.6 Å². The van der Waals surface area contributed by atoms with Crippen molar-refractivity contribution in [3.63, 3.8) is 0 Å². The van der Waals surface area contributed by atoms with Crippen LogP contribution in [0.15, 0.2) is 59.7 Å². The van der Waals surface area contributed by atoms with Crippen molar-refractivity contribution in [3.8, 4) is 11.5 Å². The maximum atomic E-state index is 14.7. The number of rotatable bonds is 10. The Morgan fingerprint density at radius 2 is 1.15 bits per heavy atom. The number of carbonyl (C=O) groups excluding carboxylic acids is 5. The van der Waals surface area contributed by atoms with Gasteiger partial charge in [0.1, 0.15) is 11.5 Å². The minimum Gasteiger partial charge on any atom is -0.491 e. The van der Waals surface area contributed by atoms with Crippen LogP contribution < -0.4 is 19.3 Å². The highest BCUT2D eigenvalue weighted by atomic mass is 79.9. The first-order valence-corrected chi connectivity index (χ1v) is 16.6. The smallest absolute Gasteiger partial charge is 0.334 e. The van der Waals surface area contributed by atoms with Crippen LogP contribution in [0.2, 0.25) is 0 Å². The number of allylic oxidation sites excluding steroid dienone is 1. The first-order valence-electron chi connectivity index (χ1n) is 15.8. The number of para-hydroxylation sites is 4. The van der Waals surface area contributed by atoms with Crippen molar-refractivity contribution >= 4 is 56.9 Å². The van der Waals surface area contributed by atoms with Crippen molar-refractivity contribution in [1.82, 2.24) is 0 Å². The molecule has 242 valence electrons. The van der Waals surface area contributed by atoms with Gasteiger partial charge in [0.25, 0.3) is 0 Å². The molecule has 10 nitrogen and oxygen atoms in total. The number of nitrogens with zero attached hydrogens (tertiary/aromatic N) is 2. The van der Waals surface area contributed by atoms with Gasteiger partial charge in [-0.3, -0.25) is 19.2 Å². The second-order valence-corrected chi connectivity index (χ2v) is 13.7. The van der Waals surface area contributed by atoms with E-state index in [1.54, 1.807) is 69.3 Å². The molecule has 2 saturated heterocycles. The van der Waals surface area contributed by atoms with Gasteiger partial charge in [0.05, 0.1) is 59.2 Å². The predicted octanol–water partition coefficient (Wildman–Crippen LogP) is 5.22. The summed E-state index contributed by atoms with van der Waals surface area (Å²) in [4.78, 5) is 74.6. The molecule has 0 spiro atoms. The number of halogens is 1. The fraction of sp³-hybridized carbons (Fsp3) is 0.457. The van der Waals surface area contributed by atoms with Crippen molar-refractivity contribution in [3.05, 3.63) is 59.7 Å². The maximum Gasteiger partial charge on any atom is 0.334 e. The third kappa shape index (κ3) is 4.16. The zero-order valence-corrected chi connectivity index (χ0v) is 28.1. The number of carbonyl (C=O) groups is 5. The number of amides is 4. The molecular formula is C35H37BrN2O8. The minimum absolute atomic E-state index is 0.0610. The second kappa shape index (κ2) is 11.7. The number of benzene rings is 2. The molecule has 0 N–H and O–H groups in total. The van der Waals surface area contributed by atoms with Crippen molar-refractivity contribution in [2.24, 2.45) is 29.1 Å². The predicted molar refractivity (Wildman–Crippen MR) is 172 cm³/mol. The molecule has 2 aliphatic heterocycles. The summed E-state index contributed by atoms with van der Waals surface area (Å²) in [5.41, 5.74) is -0.441. The van der Waals surface area contributed by atoms with E-state index in [0.717, 1.165) is 9.80 Å². The van der Waals surface area contributed by atoms with Crippen LogP contribution in [0.25, 0.3) is 0 Å². The summed E-state index contributed by atoms with van der Waals surface area (Å²) in [5, 5.41) is 0. The van der Waals surface area contributed by atoms with Crippen molar-refractivity contribution < 1.29 is 38.2 Å². The van der Waals surface area contributed by atoms with Gasteiger partial charge in [-0.05, 0) is 56.5 Å². The lowest BCUT2D eigenvalue weighted by Crippen LogP contribution is -2.67. The Morgan fingerprint density at radius 1 is 0.739 bits per heavy atom.